The maximum Gasteiger partial charge on any atom is 0.283 e. The van der Waals surface area contributed by atoms with Gasteiger partial charge in [-0.1, -0.05) is 53.7 Å². The number of rotatable bonds is 4. The van der Waals surface area contributed by atoms with Crippen LogP contribution in [0.4, 0.5) is 0 Å². The fraction of sp³-hybridized carbons (Fsp3) is 0. The summed E-state index contributed by atoms with van der Waals surface area (Å²) in [5, 5.41) is 7.99. The topological polar surface area (TPSA) is 78.0 Å². The summed E-state index contributed by atoms with van der Waals surface area (Å²) in [5.74, 6) is 0.329. The number of hydrogen-bond donors (Lipinski definition) is 0. The van der Waals surface area contributed by atoms with Crippen molar-refractivity contribution in [1.82, 2.24) is 14.3 Å². The Morgan fingerprint density at radius 1 is 0.880 bits per heavy atom. The lowest BCUT2D eigenvalue weighted by Gasteiger charge is -2.06. The van der Waals surface area contributed by atoms with Gasteiger partial charge in [0.05, 0.1) is 11.1 Å². The van der Waals surface area contributed by atoms with Gasteiger partial charge >= 0.3 is 0 Å². The van der Waals surface area contributed by atoms with Crippen LogP contribution >= 0.6 is 0 Å². The molecule has 2 aromatic carbocycles. The zero-order valence-electron chi connectivity index (χ0n) is 13.0. The summed E-state index contributed by atoms with van der Waals surface area (Å²) in [6, 6.07) is 20.9. The normalized spacial score (nSPS) is 11.5. The van der Waals surface area contributed by atoms with Crippen LogP contribution in [-0.4, -0.2) is 22.8 Å². The predicted molar refractivity (Wildman–Crippen MR) is 92.2 cm³/mol. The summed E-state index contributed by atoms with van der Waals surface area (Å²) in [6.45, 7) is 0. The van der Waals surface area contributed by atoms with Gasteiger partial charge in [0, 0.05) is 11.6 Å². The molecule has 0 saturated carbocycles. The maximum absolute atomic E-state index is 12.8. The molecule has 2 aromatic heterocycles. The van der Waals surface area contributed by atoms with Gasteiger partial charge in [0.2, 0.25) is 0 Å². The van der Waals surface area contributed by atoms with Gasteiger partial charge in [-0.2, -0.15) is 13.5 Å². The third kappa shape index (κ3) is 2.74. The molecule has 0 radical (unpaired) electrons. The quantitative estimate of drug-likeness (QED) is 0.563. The Balaban J connectivity index is 1.78. The molecule has 124 valence electrons. The molecular formula is C18H13N3O3S. The number of nitrogens with zero attached hydrogens (tertiary/aromatic N) is 3. The molecule has 0 atom stereocenters. The van der Waals surface area contributed by atoms with E-state index < -0.39 is 10.0 Å². The largest absolute Gasteiger partial charge is 0.354 e. The van der Waals surface area contributed by atoms with E-state index in [0.717, 1.165) is 9.65 Å². The SMILES string of the molecule is O=S(=O)(c1ccccc1)n1nccc1-c1cc(-c2ccccc2)no1. The van der Waals surface area contributed by atoms with Gasteiger partial charge in [-0.25, -0.2) is 0 Å². The van der Waals surface area contributed by atoms with E-state index in [9.17, 15) is 8.42 Å². The van der Waals surface area contributed by atoms with Crippen LogP contribution in [0.1, 0.15) is 0 Å². The third-order valence-electron chi connectivity index (χ3n) is 3.71. The van der Waals surface area contributed by atoms with Crippen molar-refractivity contribution >= 4 is 10.0 Å². The molecule has 0 N–H and O–H groups in total. The van der Waals surface area contributed by atoms with Crippen LogP contribution < -0.4 is 0 Å². The van der Waals surface area contributed by atoms with Gasteiger partial charge < -0.3 is 4.52 Å². The standard InChI is InChI=1S/C18H13N3O3S/c22-25(23,15-9-5-2-6-10-15)21-17(11-12-19-21)18-13-16(20-24-18)14-7-3-1-4-8-14/h1-13H. The van der Waals surface area contributed by atoms with E-state index in [0.29, 0.717) is 17.1 Å². The van der Waals surface area contributed by atoms with E-state index >= 15 is 0 Å². The monoisotopic (exact) mass is 351 g/mol. The highest BCUT2D eigenvalue weighted by Gasteiger charge is 2.23. The van der Waals surface area contributed by atoms with Crippen LogP contribution in [-0.2, 0) is 10.0 Å². The molecule has 2 heterocycles. The van der Waals surface area contributed by atoms with Gasteiger partial charge in [0.15, 0.2) is 5.76 Å². The number of benzene rings is 2. The smallest absolute Gasteiger partial charge is 0.283 e. The molecule has 0 saturated heterocycles. The molecule has 4 aromatic rings. The average molecular weight is 351 g/mol. The molecule has 0 amide bonds. The number of hydrogen-bond acceptors (Lipinski definition) is 5. The average Bonchev–Trinajstić information content (AvgIpc) is 3.33. The minimum Gasteiger partial charge on any atom is -0.354 e. The molecule has 6 nitrogen and oxygen atoms in total. The molecule has 0 spiro atoms. The molecule has 0 aliphatic heterocycles. The van der Waals surface area contributed by atoms with Gasteiger partial charge in [0.1, 0.15) is 11.4 Å². The minimum absolute atomic E-state index is 0.155. The van der Waals surface area contributed by atoms with Crippen molar-refractivity contribution in [2.24, 2.45) is 0 Å². The van der Waals surface area contributed by atoms with Crippen molar-refractivity contribution in [1.29, 1.82) is 0 Å². The fourth-order valence-corrected chi connectivity index (χ4v) is 3.78. The van der Waals surface area contributed by atoms with Crippen LogP contribution in [0.5, 0.6) is 0 Å². The molecule has 0 aliphatic rings. The van der Waals surface area contributed by atoms with Crippen molar-refractivity contribution in [3.8, 4) is 22.7 Å². The summed E-state index contributed by atoms with van der Waals surface area (Å²) >= 11 is 0. The molecule has 0 bridgehead atoms. The molecule has 25 heavy (non-hydrogen) atoms. The highest BCUT2D eigenvalue weighted by molar-refractivity contribution is 7.90. The molecule has 0 unspecified atom stereocenters. The van der Waals surface area contributed by atoms with Crippen molar-refractivity contribution in [2.75, 3.05) is 0 Å². The van der Waals surface area contributed by atoms with Crippen molar-refractivity contribution in [3.63, 3.8) is 0 Å². The summed E-state index contributed by atoms with van der Waals surface area (Å²) in [7, 11) is -3.81. The lowest BCUT2D eigenvalue weighted by Crippen LogP contribution is -2.15. The van der Waals surface area contributed by atoms with Crippen LogP contribution in [0.15, 0.2) is 88.4 Å². The second-order valence-corrected chi connectivity index (χ2v) is 7.09. The van der Waals surface area contributed by atoms with Crippen LogP contribution in [0.2, 0.25) is 0 Å². The molecule has 0 fully saturated rings. The van der Waals surface area contributed by atoms with Crippen molar-refractivity contribution in [3.05, 3.63) is 79.0 Å². The van der Waals surface area contributed by atoms with Crippen molar-refractivity contribution < 1.29 is 12.9 Å². The van der Waals surface area contributed by atoms with Crippen LogP contribution in [0, 0.1) is 0 Å². The van der Waals surface area contributed by atoms with Gasteiger partial charge in [-0.3, -0.25) is 0 Å². The first-order valence-corrected chi connectivity index (χ1v) is 8.97. The lowest BCUT2D eigenvalue weighted by molar-refractivity contribution is 0.432. The summed E-state index contributed by atoms with van der Waals surface area (Å²) in [5.41, 5.74) is 1.83. The zero-order chi connectivity index (χ0) is 17.3. The molecule has 0 aliphatic carbocycles. The maximum atomic E-state index is 12.8. The van der Waals surface area contributed by atoms with E-state index in [1.54, 1.807) is 30.3 Å². The first-order valence-electron chi connectivity index (χ1n) is 7.53. The van der Waals surface area contributed by atoms with Gasteiger partial charge in [-0.15, -0.1) is 4.09 Å². The Morgan fingerprint density at radius 3 is 2.28 bits per heavy atom. The van der Waals surface area contributed by atoms with E-state index in [4.69, 9.17) is 4.52 Å². The summed E-state index contributed by atoms with van der Waals surface area (Å²) < 4.78 is 31.9. The van der Waals surface area contributed by atoms with E-state index in [2.05, 4.69) is 10.3 Å². The summed E-state index contributed by atoms with van der Waals surface area (Å²) in [4.78, 5) is 0.155. The molecule has 4 rings (SSSR count). The Labute approximate surface area is 144 Å². The lowest BCUT2D eigenvalue weighted by atomic mass is 10.1. The third-order valence-corrected chi connectivity index (χ3v) is 5.33. The molecular weight excluding hydrogens is 338 g/mol. The van der Waals surface area contributed by atoms with Crippen LogP contribution in [0.3, 0.4) is 0 Å². The second-order valence-electron chi connectivity index (χ2n) is 5.32. The van der Waals surface area contributed by atoms with E-state index in [1.165, 1.54) is 18.3 Å². The Kier molecular flexibility index (Phi) is 3.70. The predicted octanol–water partition coefficient (Wildman–Crippen LogP) is 3.44. The van der Waals surface area contributed by atoms with Crippen molar-refractivity contribution in [2.45, 2.75) is 4.90 Å². The molecule has 7 heteroatoms. The summed E-state index contributed by atoms with van der Waals surface area (Å²) in [6.07, 6.45) is 1.42. The highest BCUT2D eigenvalue weighted by Crippen LogP contribution is 2.27. The van der Waals surface area contributed by atoms with Gasteiger partial charge in [0.25, 0.3) is 10.0 Å². The fourth-order valence-electron chi connectivity index (χ4n) is 2.49. The Bertz CT molecular complexity index is 1100. The Hall–Kier alpha value is -3.19. The van der Waals surface area contributed by atoms with E-state index in [-0.39, 0.29) is 4.90 Å². The first-order chi connectivity index (χ1) is 12.2. The number of aromatic nitrogens is 3. The van der Waals surface area contributed by atoms with Gasteiger partial charge in [-0.05, 0) is 18.2 Å². The highest BCUT2D eigenvalue weighted by atomic mass is 32.2. The second kappa shape index (κ2) is 6.03. The van der Waals surface area contributed by atoms with Crippen LogP contribution in [0.25, 0.3) is 22.7 Å². The Morgan fingerprint density at radius 2 is 1.56 bits per heavy atom. The zero-order valence-corrected chi connectivity index (χ0v) is 13.8. The minimum atomic E-state index is -3.81. The van der Waals surface area contributed by atoms with E-state index in [1.807, 2.05) is 30.3 Å². The first kappa shape index (κ1) is 15.3.